The molecule has 7 heteroatoms. The van der Waals surface area contributed by atoms with Crippen LogP contribution in [0, 0.1) is 23.0 Å². The predicted octanol–water partition coefficient (Wildman–Crippen LogP) is 3.90. The van der Waals surface area contributed by atoms with Crippen molar-refractivity contribution in [2.45, 2.75) is 19.8 Å². The molecule has 0 heterocycles. The Morgan fingerprint density at radius 2 is 1.78 bits per heavy atom. The molecule has 2 aromatic rings. The van der Waals surface area contributed by atoms with Crippen LogP contribution in [0.1, 0.15) is 24.0 Å². The Kier molecular flexibility index (Phi) is 5.30. The van der Waals surface area contributed by atoms with Gasteiger partial charge < -0.3 is 10.6 Å². The van der Waals surface area contributed by atoms with Gasteiger partial charge in [0.15, 0.2) is 0 Å². The summed E-state index contributed by atoms with van der Waals surface area (Å²) in [5.74, 6) is -0.261. The second kappa shape index (κ2) is 7.82. The van der Waals surface area contributed by atoms with E-state index >= 15 is 0 Å². The summed E-state index contributed by atoms with van der Waals surface area (Å²) in [6.45, 7) is 1.82. The molecule has 0 aromatic heterocycles. The number of non-ortho nitro benzene ring substituents is 1. The van der Waals surface area contributed by atoms with Crippen molar-refractivity contribution in [2.75, 3.05) is 10.6 Å². The van der Waals surface area contributed by atoms with E-state index in [4.69, 9.17) is 0 Å². The van der Waals surface area contributed by atoms with E-state index in [2.05, 4.69) is 10.6 Å². The van der Waals surface area contributed by atoms with E-state index in [1.807, 2.05) is 6.92 Å². The van der Waals surface area contributed by atoms with E-state index < -0.39 is 4.92 Å². The van der Waals surface area contributed by atoms with E-state index in [1.165, 1.54) is 24.3 Å². The van der Waals surface area contributed by atoms with Gasteiger partial charge in [-0.05, 0) is 49.1 Å². The number of nitro benzene ring substituents is 1. The number of nitrogens with zero attached hydrogens (tertiary/aromatic N) is 1. The third-order valence-electron chi connectivity index (χ3n) is 4.31. The Labute approximate surface area is 156 Å². The fraction of sp³-hybridized carbons (Fsp3) is 0.200. The molecule has 2 aromatic carbocycles. The zero-order chi connectivity index (χ0) is 19.4. The molecular weight excluding hydrogens is 346 g/mol. The number of nitrogens with one attached hydrogen (secondary N) is 2. The van der Waals surface area contributed by atoms with Crippen LogP contribution in [0.5, 0.6) is 0 Å². The maximum Gasteiger partial charge on any atom is 0.270 e. The van der Waals surface area contributed by atoms with E-state index in [-0.39, 0.29) is 23.4 Å². The van der Waals surface area contributed by atoms with Crippen LogP contribution >= 0.6 is 0 Å². The molecule has 0 aliphatic heterocycles. The number of anilines is 2. The summed E-state index contributed by atoms with van der Waals surface area (Å²) in [5, 5.41) is 16.5. The topological polar surface area (TPSA) is 101 Å². The van der Waals surface area contributed by atoms with Gasteiger partial charge in [0.1, 0.15) is 0 Å². The maximum absolute atomic E-state index is 12.2. The fourth-order valence-electron chi connectivity index (χ4n) is 2.58. The number of hydrogen-bond donors (Lipinski definition) is 2. The van der Waals surface area contributed by atoms with Crippen molar-refractivity contribution in [3.8, 4) is 0 Å². The van der Waals surface area contributed by atoms with Gasteiger partial charge in [0, 0.05) is 35.5 Å². The van der Waals surface area contributed by atoms with Gasteiger partial charge in [0.05, 0.1) is 4.92 Å². The molecular formula is C20H19N3O4. The molecule has 3 rings (SSSR count). The minimum absolute atomic E-state index is 0.00662. The number of benzene rings is 2. The van der Waals surface area contributed by atoms with Crippen molar-refractivity contribution in [1.82, 2.24) is 0 Å². The molecule has 7 nitrogen and oxygen atoms in total. The van der Waals surface area contributed by atoms with Gasteiger partial charge in [-0.15, -0.1) is 0 Å². The largest absolute Gasteiger partial charge is 0.326 e. The Hall–Kier alpha value is -3.48. The van der Waals surface area contributed by atoms with Crippen molar-refractivity contribution in [3.05, 3.63) is 69.8 Å². The molecule has 0 atom stereocenters. The molecule has 0 unspecified atom stereocenters. The van der Waals surface area contributed by atoms with Gasteiger partial charge in [0.2, 0.25) is 11.8 Å². The molecule has 27 heavy (non-hydrogen) atoms. The fourth-order valence-corrected chi connectivity index (χ4v) is 2.58. The first kappa shape index (κ1) is 18.3. The second-order valence-corrected chi connectivity index (χ2v) is 6.42. The van der Waals surface area contributed by atoms with Crippen molar-refractivity contribution in [1.29, 1.82) is 0 Å². The summed E-state index contributed by atoms with van der Waals surface area (Å²) >= 11 is 0. The lowest BCUT2D eigenvalue weighted by atomic mass is 10.1. The van der Waals surface area contributed by atoms with E-state index in [0.29, 0.717) is 16.9 Å². The third kappa shape index (κ3) is 4.78. The van der Waals surface area contributed by atoms with Crippen LogP contribution in [0.2, 0.25) is 0 Å². The van der Waals surface area contributed by atoms with Crippen molar-refractivity contribution in [2.24, 2.45) is 5.92 Å². The van der Waals surface area contributed by atoms with Crippen LogP contribution in [0.4, 0.5) is 17.1 Å². The molecule has 0 spiro atoms. The lowest BCUT2D eigenvalue weighted by Gasteiger charge is -2.12. The highest BCUT2D eigenvalue weighted by molar-refractivity contribution is 6.03. The quantitative estimate of drug-likeness (QED) is 0.460. The average molecular weight is 365 g/mol. The van der Waals surface area contributed by atoms with Gasteiger partial charge in [0.25, 0.3) is 5.69 Å². The summed E-state index contributed by atoms with van der Waals surface area (Å²) in [6, 6.07) is 11.3. The molecule has 1 fully saturated rings. The maximum atomic E-state index is 12.2. The molecule has 0 radical (unpaired) electrons. The summed E-state index contributed by atoms with van der Waals surface area (Å²) in [7, 11) is 0. The second-order valence-electron chi connectivity index (χ2n) is 6.42. The van der Waals surface area contributed by atoms with Gasteiger partial charge in [-0.1, -0.05) is 18.2 Å². The molecule has 1 saturated carbocycles. The number of rotatable bonds is 6. The number of hydrogen-bond acceptors (Lipinski definition) is 4. The number of carbonyl (C=O) groups excluding carboxylic acids is 2. The minimum Gasteiger partial charge on any atom is -0.326 e. The Balaban J connectivity index is 1.67. The lowest BCUT2D eigenvalue weighted by Crippen LogP contribution is -2.15. The molecule has 0 bridgehead atoms. The smallest absolute Gasteiger partial charge is 0.270 e. The normalized spacial score (nSPS) is 13.4. The first-order chi connectivity index (χ1) is 12.9. The van der Waals surface area contributed by atoms with Gasteiger partial charge in [-0.3, -0.25) is 19.7 Å². The van der Waals surface area contributed by atoms with Crippen LogP contribution in [0.25, 0.3) is 6.08 Å². The van der Waals surface area contributed by atoms with E-state index in [0.717, 1.165) is 18.4 Å². The van der Waals surface area contributed by atoms with Crippen LogP contribution in [0.3, 0.4) is 0 Å². The molecule has 1 aliphatic rings. The standard InChI is InChI=1S/C20H19N3O4/c1-13-17(6-3-7-18(13)22-20(25)15-9-10-15)21-19(24)11-8-14-4-2-5-16(12-14)23(26)27/h2-8,11-12,15H,9-10H2,1H3,(H,21,24)(H,22,25)/b11-8+. The minimum atomic E-state index is -0.484. The SMILES string of the molecule is Cc1c(NC(=O)/C=C/c2cccc([N+](=O)[O-])c2)cccc1NC(=O)C1CC1. The third-order valence-corrected chi connectivity index (χ3v) is 4.31. The van der Waals surface area contributed by atoms with Gasteiger partial charge in [-0.25, -0.2) is 0 Å². The van der Waals surface area contributed by atoms with Crippen LogP contribution < -0.4 is 10.6 Å². The number of amides is 2. The highest BCUT2D eigenvalue weighted by atomic mass is 16.6. The van der Waals surface area contributed by atoms with Crippen molar-refractivity contribution in [3.63, 3.8) is 0 Å². The monoisotopic (exact) mass is 365 g/mol. The molecule has 0 saturated heterocycles. The highest BCUT2D eigenvalue weighted by Gasteiger charge is 2.29. The summed E-state index contributed by atoms with van der Waals surface area (Å²) in [4.78, 5) is 34.4. The van der Waals surface area contributed by atoms with Crippen LogP contribution in [-0.2, 0) is 9.59 Å². The summed E-state index contributed by atoms with van der Waals surface area (Å²) in [6.07, 6.45) is 4.66. The van der Waals surface area contributed by atoms with Crippen molar-refractivity contribution >= 4 is 35.0 Å². The molecule has 2 N–H and O–H groups in total. The Morgan fingerprint density at radius 3 is 2.44 bits per heavy atom. The number of nitro groups is 1. The van der Waals surface area contributed by atoms with Crippen molar-refractivity contribution < 1.29 is 14.5 Å². The lowest BCUT2D eigenvalue weighted by molar-refractivity contribution is -0.384. The van der Waals surface area contributed by atoms with E-state index in [9.17, 15) is 19.7 Å². The highest BCUT2D eigenvalue weighted by Crippen LogP contribution is 2.31. The Morgan fingerprint density at radius 1 is 1.11 bits per heavy atom. The summed E-state index contributed by atoms with van der Waals surface area (Å²) in [5.41, 5.74) is 2.56. The van der Waals surface area contributed by atoms with Crippen LogP contribution in [-0.4, -0.2) is 16.7 Å². The summed E-state index contributed by atoms with van der Waals surface area (Å²) < 4.78 is 0. The average Bonchev–Trinajstić information content (AvgIpc) is 3.49. The zero-order valence-corrected chi connectivity index (χ0v) is 14.8. The predicted molar refractivity (Wildman–Crippen MR) is 103 cm³/mol. The number of carbonyl (C=O) groups is 2. The zero-order valence-electron chi connectivity index (χ0n) is 14.8. The Bertz CT molecular complexity index is 933. The first-order valence-corrected chi connectivity index (χ1v) is 8.58. The van der Waals surface area contributed by atoms with Gasteiger partial charge in [-0.2, -0.15) is 0 Å². The molecule has 2 amide bonds. The molecule has 1 aliphatic carbocycles. The molecule has 138 valence electrons. The van der Waals surface area contributed by atoms with Crippen LogP contribution in [0.15, 0.2) is 48.5 Å². The van der Waals surface area contributed by atoms with Gasteiger partial charge >= 0.3 is 0 Å². The first-order valence-electron chi connectivity index (χ1n) is 8.58. The van der Waals surface area contributed by atoms with E-state index in [1.54, 1.807) is 30.3 Å².